The Labute approximate surface area is 252 Å². The second kappa shape index (κ2) is 12.1. The number of phenolic OH excluding ortho intramolecular Hbond substituents is 1. The maximum atomic E-state index is 12.8. The molecule has 0 radical (unpaired) electrons. The minimum atomic E-state index is -0.284. The third kappa shape index (κ3) is 6.20. The number of alkyl halides is 1. The van der Waals surface area contributed by atoms with Crippen molar-refractivity contribution >= 4 is 34.3 Å². The molecule has 1 saturated heterocycles. The van der Waals surface area contributed by atoms with Gasteiger partial charge >= 0.3 is 0 Å². The second-order valence-electron chi connectivity index (χ2n) is 12.2. The number of allylic oxidation sites excluding steroid dienone is 1. The summed E-state index contributed by atoms with van der Waals surface area (Å²) in [6.45, 7) is 4.25. The van der Waals surface area contributed by atoms with Gasteiger partial charge in [0.25, 0.3) is 0 Å². The van der Waals surface area contributed by atoms with Crippen LogP contribution in [0.3, 0.4) is 0 Å². The smallest absolute Gasteiger partial charge is 0.230 e. The number of hydrogen-bond donors (Lipinski definition) is 2. The van der Waals surface area contributed by atoms with Crippen LogP contribution in [0.5, 0.6) is 11.5 Å². The summed E-state index contributed by atoms with van der Waals surface area (Å²) in [5.74, 6) is 1.06. The lowest BCUT2D eigenvalue weighted by atomic mass is 9.87. The number of hydrogen-bond acceptors (Lipinski definition) is 4. The summed E-state index contributed by atoms with van der Waals surface area (Å²) >= 11 is 6.19. The van der Waals surface area contributed by atoms with Crippen LogP contribution in [-0.2, 0) is 11.2 Å². The fourth-order valence-corrected chi connectivity index (χ4v) is 6.36. The molecule has 1 atom stereocenters. The van der Waals surface area contributed by atoms with Gasteiger partial charge in [0, 0.05) is 41.3 Å². The zero-order valence-corrected chi connectivity index (χ0v) is 24.9. The molecule has 1 heterocycles. The van der Waals surface area contributed by atoms with Crippen LogP contribution in [0.15, 0.2) is 60.7 Å². The lowest BCUT2D eigenvalue weighted by Crippen LogP contribution is -2.26. The molecule has 220 valence electrons. The first-order valence-corrected chi connectivity index (χ1v) is 15.4. The minimum absolute atomic E-state index is 0.0852. The molecule has 1 aliphatic heterocycles. The van der Waals surface area contributed by atoms with Gasteiger partial charge in [0.05, 0.1) is 6.67 Å². The molecule has 3 aromatic rings. The highest BCUT2D eigenvalue weighted by atomic mass is 35.5. The number of phenols is 1. The highest BCUT2D eigenvalue weighted by Gasteiger charge is 2.44. The van der Waals surface area contributed by atoms with E-state index in [0.717, 1.165) is 97.4 Å². The van der Waals surface area contributed by atoms with E-state index in [4.69, 9.17) is 16.3 Å². The van der Waals surface area contributed by atoms with Crippen LogP contribution in [0.25, 0.3) is 11.1 Å². The number of amides is 1. The van der Waals surface area contributed by atoms with Gasteiger partial charge < -0.3 is 15.2 Å². The molecule has 42 heavy (non-hydrogen) atoms. The summed E-state index contributed by atoms with van der Waals surface area (Å²) in [4.78, 5) is 15.0. The molecule has 5 nitrogen and oxygen atoms in total. The van der Waals surface area contributed by atoms with Gasteiger partial charge in [-0.3, -0.25) is 14.1 Å². The number of rotatable bonds is 9. The predicted molar refractivity (Wildman–Crippen MR) is 167 cm³/mol. The van der Waals surface area contributed by atoms with E-state index < -0.39 is 0 Å². The molecule has 3 aromatic carbocycles. The van der Waals surface area contributed by atoms with Crippen molar-refractivity contribution in [2.75, 3.05) is 31.6 Å². The Bertz CT molecular complexity index is 1500. The standard InChI is InChI=1S/C35H38ClFN2O3/c1-35(15-16-35)34(41)38-26-9-13-29-24(20-26)4-2-5-31(30-12-8-25(36)21-32(30)40)33(29)23-6-10-27(11-7-23)42-28-14-19-39(22-28)18-3-17-37/h6-13,20-21,28,40H,2-5,14-19,22H2,1H3,(H,38,41). The summed E-state index contributed by atoms with van der Waals surface area (Å²) in [5, 5.41) is 14.6. The predicted octanol–water partition coefficient (Wildman–Crippen LogP) is 7.89. The van der Waals surface area contributed by atoms with Gasteiger partial charge in [-0.1, -0.05) is 36.7 Å². The van der Waals surface area contributed by atoms with E-state index >= 15 is 0 Å². The average Bonchev–Trinajstić information content (AvgIpc) is 3.63. The van der Waals surface area contributed by atoms with E-state index in [1.54, 1.807) is 6.07 Å². The Kier molecular flexibility index (Phi) is 8.28. The van der Waals surface area contributed by atoms with Gasteiger partial charge in [-0.25, -0.2) is 0 Å². The van der Waals surface area contributed by atoms with Crippen molar-refractivity contribution in [3.05, 3.63) is 87.9 Å². The monoisotopic (exact) mass is 588 g/mol. The van der Waals surface area contributed by atoms with Crippen LogP contribution in [0.2, 0.25) is 5.02 Å². The van der Waals surface area contributed by atoms with E-state index in [0.29, 0.717) is 11.4 Å². The fourth-order valence-electron chi connectivity index (χ4n) is 6.19. The number of ether oxygens (including phenoxy) is 1. The maximum absolute atomic E-state index is 12.8. The first kappa shape index (κ1) is 28.8. The van der Waals surface area contributed by atoms with Crippen molar-refractivity contribution in [1.82, 2.24) is 4.90 Å². The highest BCUT2D eigenvalue weighted by Crippen LogP contribution is 2.46. The third-order valence-electron chi connectivity index (χ3n) is 8.92. The number of benzene rings is 3. The lowest BCUT2D eigenvalue weighted by Gasteiger charge is -2.19. The van der Waals surface area contributed by atoms with Crippen LogP contribution in [0.4, 0.5) is 10.1 Å². The molecule has 3 aliphatic rings. The van der Waals surface area contributed by atoms with Gasteiger partial charge in [-0.15, -0.1) is 0 Å². The molecule has 2 N–H and O–H groups in total. The zero-order valence-electron chi connectivity index (χ0n) is 24.1. The van der Waals surface area contributed by atoms with E-state index in [-0.39, 0.29) is 29.9 Å². The maximum Gasteiger partial charge on any atom is 0.230 e. The molecule has 2 aliphatic carbocycles. The SMILES string of the molecule is CC1(C(=O)Nc2ccc3c(c2)CCCC(c2ccc(Cl)cc2O)=C3c2ccc(OC3CCN(CCCF)C3)cc2)CC1. The second-order valence-corrected chi connectivity index (χ2v) is 12.6. The van der Waals surface area contributed by atoms with Crippen molar-refractivity contribution in [2.45, 2.75) is 58.0 Å². The number of halogens is 2. The quantitative estimate of drug-likeness (QED) is 0.267. The molecule has 0 aromatic heterocycles. The number of nitrogens with zero attached hydrogens (tertiary/aromatic N) is 1. The summed E-state index contributed by atoms with van der Waals surface area (Å²) in [5.41, 5.74) is 6.80. The summed E-state index contributed by atoms with van der Waals surface area (Å²) in [6, 6.07) is 19.7. The number of carbonyl (C=O) groups excluding carboxylic acids is 1. The Balaban J connectivity index is 1.33. The first-order chi connectivity index (χ1) is 20.3. The molecule has 7 heteroatoms. The minimum Gasteiger partial charge on any atom is -0.507 e. The lowest BCUT2D eigenvalue weighted by molar-refractivity contribution is -0.120. The van der Waals surface area contributed by atoms with Crippen molar-refractivity contribution in [2.24, 2.45) is 5.41 Å². The average molecular weight is 589 g/mol. The topological polar surface area (TPSA) is 61.8 Å². The first-order valence-electron chi connectivity index (χ1n) is 15.1. The van der Waals surface area contributed by atoms with Gasteiger partial charge in [0.2, 0.25) is 5.91 Å². The van der Waals surface area contributed by atoms with Crippen molar-refractivity contribution < 1.29 is 19.0 Å². The van der Waals surface area contributed by atoms with E-state index in [9.17, 15) is 14.3 Å². The number of likely N-dealkylation sites (tertiary alicyclic amines) is 1. The Hall–Kier alpha value is -3.35. The molecule has 1 unspecified atom stereocenters. The number of fused-ring (bicyclic) bond motifs is 1. The van der Waals surface area contributed by atoms with Crippen molar-refractivity contribution in [3.8, 4) is 11.5 Å². The molecule has 6 rings (SSSR count). The van der Waals surface area contributed by atoms with Crippen LogP contribution in [-0.4, -0.2) is 48.3 Å². The van der Waals surface area contributed by atoms with Crippen LogP contribution in [0, 0.1) is 5.41 Å². The normalized spacial score (nSPS) is 19.7. The van der Waals surface area contributed by atoms with E-state index in [1.807, 2.05) is 37.3 Å². The number of aromatic hydroxyl groups is 1. The van der Waals surface area contributed by atoms with E-state index in [2.05, 4.69) is 34.5 Å². The molecule has 1 amide bonds. The van der Waals surface area contributed by atoms with Gasteiger partial charge in [-0.2, -0.15) is 0 Å². The van der Waals surface area contributed by atoms with Crippen molar-refractivity contribution in [1.29, 1.82) is 0 Å². The van der Waals surface area contributed by atoms with Gasteiger partial charge in [0.1, 0.15) is 17.6 Å². The summed E-state index contributed by atoms with van der Waals surface area (Å²) < 4.78 is 18.9. The molecular weight excluding hydrogens is 551 g/mol. The van der Waals surface area contributed by atoms with Crippen LogP contribution < -0.4 is 10.1 Å². The third-order valence-corrected chi connectivity index (χ3v) is 9.16. The van der Waals surface area contributed by atoms with Crippen molar-refractivity contribution in [3.63, 3.8) is 0 Å². The molecule has 0 bridgehead atoms. The number of nitrogens with one attached hydrogen (secondary N) is 1. The van der Waals surface area contributed by atoms with E-state index in [1.165, 1.54) is 5.56 Å². The molecule has 0 spiro atoms. The molecular formula is C35H38ClFN2O3. The van der Waals surface area contributed by atoms with Crippen LogP contribution >= 0.6 is 11.6 Å². The zero-order chi connectivity index (χ0) is 29.3. The summed E-state index contributed by atoms with van der Waals surface area (Å²) in [7, 11) is 0. The highest BCUT2D eigenvalue weighted by molar-refractivity contribution is 6.30. The Morgan fingerprint density at radius 1 is 1.10 bits per heavy atom. The largest absolute Gasteiger partial charge is 0.507 e. The molecule has 1 saturated carbocycles. The number of aryl methyl sites for hydroxylation is 1. The Morgan fingerprint density at radius 2 is 1.88 bits per heavy atom. The molecule has 2 fully saturated rings. The number of carbonyl (C=O) groups is 1. The summed E-state index contributed by atoms with van der Waals surface area (Å²) in [6.07, 6.45) is 6.02. The fraction of sp³-hybridized carbons (Fsp3) is 0.400. The van der Waals surface area contributed by atoms with Gasteiger partial charge in [-0.05, 0) is 115 Å². The Morgan fingerprint density at radius 3 is 2.62 bits per heavy atom. The van der Waals surface area contributed by atoms with Gasteiger partial charge in [0.15, 0.2) is 0 Å². The van der Waals surface area contributed by atoms with Crippen LogP contribution in [0.1, 0.15) is 67.7 Å². The number of anilines is 1.